The molecule has 9 nitrogen and oxygen atoms in total. The number of hydrogen-bond donors (Lipinski definition) is 0. The number of nitrogens with zero attached hydrogens (tertiary/aromatic N) is 9. The highest BCUT2D eigenvalue weighted by Gasteiger charge is 2.26. The van der Waals surface area contributed by atoms with Crippen molar-refractivity contribution < 1.29 is 0 Å². The van der Waals surface area contributed by atoms with Crippen LogP contribution < -0.4 is 4.90 Å². The fourth-order valence-corrected chi connectivity index (χ4v) is 5.57. The first-order valence-electron chi connectivity index (χ1n) is 13.0. The van der Waals surface area contributed by atoms with E-state index in [1.165, 1.54) is 31.5 Å². The number of anilines is 1. The highest BCUT2D eigenvalue weighted by atomic mass is 15.3. The third-order valence-electron chi connectivity index (χ3n) is 7.60. The molecule has 4 aromatic heterocycles. The maximum absolute atomic E-state index is 4.76. The zero-order valence-electron chi connectivity index (χ0n) is 21.4. The molecule has 0 amide bonds. The maximum Gasteiger partial charge on any atom is 0.252 e. The lowest BCUT2D eigenvalue weighted by Crippen LogP contribution is -2.22. The first-order valence-corrected chi connectivity index (χ1v) is 13.0. The summed E-state index contributed by atoms with van der Waals surface area (Å²) in [5.74, 6) is 2.92. The van der Waals surface area contributed by atoms with E-state index in [0.29, 0.717) is 11.7 Å². The summed E-state index contributed by atoms with van der Waals surface area (Å²) < 4.78 is 1.88. The van der Waals surface area contributed by atoms with E-state index in [0.717, 1.165) is 72.5 Å². The number of likely N-dealkylation sites (tertiary alicyclic amines) is 1. The molecule has 0 spiro atoms. The van der Waals surface area contributed by atoms with Gasteiger partial charge in [-0.2, -0.15) is 10.1 Å². The van der Waals surface area contributed by atoms with E-state index in [1.54, 1.807) is 0 Å². The predicted molar refractivity (Wildman–Crippen MR) is 139 cm³/mol. The van der Waals surface area contributed by atoms with Crippen molar-refractivity contribution in [3.63, 3.8) is 0 Å². The number of hydrogen-bond acceptors (Lipinski definition) is 8. The molecule has 0 aromatic carbocycles. The van der Waals surface area contributed by atoms with Gasteiger partial charge in [-0.1, -0.05) is 0 Å². The van der Waals surface area contributed by atoms with Gasteiger partial charge in [0.15, 0.2) is 0 Å². The van der Waals surface area contributed by atoms with Gasteiger partial charge in [0.25, 0.3) is 5.78 Å². The predicted octanol–water partition coefficient (Wildman–Crippen LogP) is 3.57. The van der Waals surface area contributed by atoms with Crippen molar-refractivity contribution in [2.45, 2.75) is 53.0 Å². The third-order valence-corrected chi connectivity index (χ3v) is 7.60. The van der Waals surface area contributed by atoms with E-state index < -0.39 is 0 Å². The number of pyridine rings is 1. The first-order chi connectivity index (χ1) is 17.5. The minimum Gasteiger partial charge on any atom is -0.355 e. The van der Waals surface area contributed by atoms with Gasteiger partial charge in [-0.15, -0.1) is 0 Å². The fourth-order valence-electron chi connectivity index (χ4n) is 5.57. The van der Waals surface area contributed by atoms with Crippen molar-refractivity contribution in [3.05, 3.63) is 59.2 Å². The van der Waals surface area contributed by atoms with Crippen molar-refractivity contribution in [2.75, 3.05) is 31.1 Å². The zero-order chi connectivity index (χ0) is 24.6. The molecule has 186 valence electrons. The summed E-state index contributed by atoms with van der Waals surface area (Å²) in [6.07, 6.45) is 10.4. The van der Waals surface area contributed by atoms with Crippen molar-refractivity contribution in [1.82, 2.24) is 39.4 Å². The van der Waals surface area contributed by atoms with Crippen LogP contribution in [0.2, 0.25) is 0 Å². The van der Waals surface area contributed by atoms with Crippen LogP contribution in [-0.2, 0) is 13.0 Å². The van der Waals surface area contributed by atoms with Crippen LogP contribution in [0.3, 0.4) is 0 Å². The number of fused-ring (bicyclic) bond motifs is 1. The van der Waals surface area contributed by atoms with E-state index in [1.807, 2.05) is 30.0 Å². The Kier molecular flexibility index (Phi) is 6.08. The summed E-state index contributed by atoms with van der Waals surface area (Å²) in [6, 6.07) is 4.23. The van der Waals surface area contributed by atoms with Crippen LogP contribution in [0.4, 0.5) is 5.82 Å². The van der Waals surface area contributed by atoms with E-state index >= 15 is 0 Å². The molecule has 0 bridgehead atoms. The Labute approximate surface area is 211 Å². The lowest BCUT2D eigenvalue weighted by Gasteiger charge is -2.18. The average Bonchev–Trinajstić information content (AvgIpc) is 3.64. The van der Waals surface area contributed by atoms with Crippen LogP contribution in [0, 0.1) is 26.7 Å². The van der Waals surface area contributed by atoms with Crippen LogP contribution in [0.5, 0.6) is 0 Å². The van der Waals surface area contributed by atoms with Crippen LogP contribution in [0.1, 0.15) is 47.7 Å². The number of aromatic nitrogens is 7. The lowest BCUT2D eigenvalue weighted by atomic mass is 9.96. The lowest BCUT2D eigenvalue weighted by molar-refractivity contribution is 0.327. The maximum atomic E-state index is 4.76. The molecule has 6 rings (SSSR count). The standard InChI is InChI=1S/C27H33N9/c1-18-24(19(2)36-27(31-18)32-20(3)33-36)12-21-8-11-35(16-21)26-15-29-25(14-30-26)22-6-7-23(28-13-22)17-34-9-4-5-10-34/h6-7,13-15,21H,4-5,8-12,16-17H2,1-3H3. The minimum atomic E-state index is 0.542. The molecular weight excluding hydrogens is 450 g/mol. The highest BCUT2D eigenvalue weighted by Crippen LogP contribution is 2.27. The van der Waals surface area contributed by atoms with Crippen molar-refractivity contribution in [2.24, 2.45) is 5.92 Å². The molecule has 2 aliphatic rings. The van der Waals surface area contributed by atoms with E-state index in [-0.39, 0.29) is 0 Å². The molecule has 1 atom stereocenters. The molecule has 0 radical (unpaired) electrons. The van der Waals surface area contributed by atoms with Gasteiger partial charge in [0.1, 0.15) is 11.6 Å². The van der Waals surface area contributed by atoms with Crippen molar-refractivity contribution >= 4 is 11.6 Å². The highest BCUT2D eigenvalue weighted by molar-refractivity contribution is 5.58. The molecule has 1 unspecified atom stereocenters. The quantitative estimate of drug-likeness (QED) is 0.411. The van der Waals surface area contributed by atoms with Crippen LogP contribution in [-0.4, -0.2) is 65.6 Å². The second-order valence-corrected chi connectivity index (χ2v) is 10.2. The minimum absolute atomic E-state index is 0.542. The molecule has 0 aliphatic carbocycles. The summed E-state index contributed by atoms with van der Waals surface area (Å²) in [5, 5.41) is 4.52. The number of rotatable bonds is 6. The fraction of sp³-hybridized carbons (Fsp3) is 0.481. The van der Waals surface area contributed by atoms with E-state index in [9.17, 15) is 0 Å². The second kappa shape index (κ2) is 9.54. The molecular formula is C27H33N9. The Bertz CT molecular complexity index is 1360. The van der Waals surface area contributed by atoms with Gasteiger partial charge in [-0.25, -0.2) is 14.5 Å². The van der Waals surface area contributed by atoms with Gasteiger partial charge >= 0.3 is 0 Å². The molecule has 0 saturated carbocycles. The summed E-state index contributed by atoms with van der Waals surface area (Å²) >= 11 is 0. The SMILES string of the molecule is Cc1nc2nc(C)c(CC3CCN(c4cnc(-c5ccc(CN6CCCC6)nc5)cn4)C3)c(C)n2n1. The second-order valence-electron chi connectivity index (χ2n) is 10.2. The van der Waals surface area contributed by atoms with Crippen LogP contribution in [0.15, 0.2) is 30.7 Å². The molecule has 2 fully saturated rings. The van der Waals surface area contributed by atoms with Gasteiger partial charge in [0.2, 0.25) is 0 Å². The molecule has 2 aliphatic heterocycles. The Morgan fingerprint density at radius 1 is 0.917 bits per heavy atom. The Morgan fingerprint density at radius 3 is 2.53 bits per heavy atom. The molecule has 0 N–H and O–H groups in total. The van der Waals surface area contributed by atoms with E-state index in [2.05, 4.69) is 50.8 Å². The largest absolute Gasteiger partial charge is 0.355 e. The van der Waals surface area contributed by atoms with Gasteiger partial charge in [0, 0.05) is 42.8 Å². The summed E-state index contributed by atoms with van der Waals surface area (Å²) in [6.45, 7) is 11.4. The topological polar surface area (TPSA) is 88.2 Å². The molecule has 36 heavy (non-hydrogen) atoms. The third kappa shape index (κ3) is 4.55. The smallest absolute Gasteiger partial charge is 0.252 e. The Morgan fingerprint density at radius 2 is 1.78 bits per heavy atom. The molecule has 9 heteroatoms. The normalized spacial score (nSPS) is 18.5. The van der Waals surface area contributed by atoms with E-state index in [4.69, 9.17) is 15.0 Å². The molecule has 6 heterocycles. The van der Waals surface area contributed by atoms with Gasteiger partial charge in [0.05, 0.1) is 23.8 Å². The van der Waals surface area contributed by atoms with Gasteiger partial charge in [-0.3, -0.25) is 14.9 Å². The molecule has 2 saturated heterocycles. The Balaban J connectivity index is 1.10. The number of aryl methyl sites for hydroxylation is 3. The van der Waals surface area contributed by atoms with Crippen molar-refractivity contribution in [1.29, 1.82) is 0 Å². The summed E-state index contributed by atoms with van der Waals surface area (Å²) in [5.41, 5.74) is 6.46. The summed E-state index contributed by atoms with van der Waals surface area (Å²) in [7, 11) is 0. The van der Waals surface area contributed by atoms with Gasteiger partial charge < -0.3 is 4.90 Å². The molecule has 4 aromatic rings. The van der Waals surface area contributed by atoms with Crippen LogP contribution >= 0.6 is 0 Å². The van der Waals surface area contributed by atoms with Gasteiger partial charge in [-0.05, 0) is 83.2 Å². The van der Waals surface area contributed by atoms with Crippen molar-refractivity contribution in [3.8, 4) is 11.3 Å². The Hall–Kier alpha value is -3.46. The first kappa shape index (κ1) is 23.0. The summed E-state index contributed by atoms with van der Waals surface area (Å²) in [4.78, 5) is 28.1. The zero-order valence-corrected chi connectivity index (χ0v) is 21.4. The average molecular weight is 484 g/mol. The van der Waals surface area contributed by atoms with Crippen LogP contribution in [0.25, 0.3) is 17.0 Å². The monoisotopic (exact) mass is 483 g/mol.